The molecule has 1 heterocycles. The molecule has 4 unspecified atom stereocenters. The Labute approximate surface area is 170 Å². The van der Waals surface area contributed by atoms with Gasteiger partial charge in [-0.1, -0.05) is 5.06 Å². The van der Waals surface area contributed by atoms with E-state index in [1.807, 2.05) is 0 Å². The van der Waals surface area contributed by atoms with E-state index < -0.39 is 63.7 Å². The minimum Gasteiger partial charge on any atom is -0.430 e. The van der Waals surface area contributed by atoms with Gasteiger partial charge in [0.05, 0.1) is 0 Å². The van der Waals surface area contributed by atoms with E-state index in [1.54, 1.807) is 0 Å². The number of nitrogens with one attached hydrogen (secondary N) is 1. The number of imide groups is 1. The average molecular weight is 456 g/mol. The standard InChI is InChI=1S/C14H24N2O13Si/c17-7(6-28-14(24)29-16-8(18)2-3-9(16)19)10(20)11(21)12(22)13(23)15-4-1-5-30(25,26)27/h7,10-12,17,20-22,25-27H,1-6H2,(H,15,23). The number of hydrogen-bond donors (Lipinski definition) is 8. The summed E-state index contributed by atoms with van der Waals surface area (Å²) in [6.07, 6.45) is -10.4. The zero-order valence-corrected chi connectivity index (χ0v) is 16.6. The first-order valence-corrected chi connectivity index (χ1v) is 10.8. The third-order valence-corrected chi connectivity index (χ3v) is 4.89. The first-order valence-electron chi connectivity index (χ1n) is 8.71. The highest BCUT2D eigenvalue weighted by atomic mass is 28.4. The van der Waals surface area contributed by atoms with Crippen molar-refractivity contribution in [2.45, 2.75) is 49.7 Å². The lowest BCUT2D eigenvalue weighted by Gasteiger charge is -2.25. The van der Waals surface area contributed by atoms with Gasteiger partial charge in [0.15, 0.2) is 6.10 Å². The number of carbonyl (C=O) groups is 4. The monoisotopic (exact) mass is 456 g/mol. The van der Waals surface area contributed by atoms with Gasteiger partial charge in [-0.3, -0.25) is 19.2 Å². The summed E-state index contributed by atoms with van der Waals surface area (Å²) in [5.74, 6) is -2.71. The van der Waals surface area contributed by atoms with E-state index >= 15 is 0 Å². The van der Waals surface area contributed by atoms with Crippen molar-refractivity contribution < 1.29 is 63.6 Å². The molecule has 0 aromatic rings. The van der Waals surface area contributed by atoms with Gasteiger partial charge in [-0.05, 0) is 6.42 Å². The van der Waals surface area contributed by atoms with Crippen molar-refractivity contribution in [1.82, 2.24) is 10.4 Å². The van der Waals surface area contributed by atoms with E-state index in [-0.39, 0.29) is 36.9 Å². The first kappa shape index (κ1) is 25.9. The third kappa shape index (κ3) is 8.28. The highest BCUT2D eigenvalue weighted by Crippen LogP contribution is 2.13. The van der Waals surface area contributed by atoms with E-state index in [2.05, 4.69) is 14.9 Å². The average Bonchev–Trinajstić information content (AvgIpc) is 2.98. The minimum atomic E-state index is -4.28. The molecule has 0 spiro atoms. The summed E-state index contributed by atoms with van der Waals surface area (Å²) in [5, 5.41) is 41.3. The maximum atomic E-state index is 11.7. The molecule has 0 aromatic carbocycles. The molecule has 0 aromatic heterocycles. The van der Waals surface area contributed by atoms with Crippen LogP contribution in [0.15, 0.2) is 0 Å². The second-order valence-electron chi connectivity index (χ2n) is 6.40. The predicted molar refractivity (Wildman–Crippen MR) is 92.4 cm³/mol. The first-order chi connectivity index (χ1) is 13.8. The molecular formula is C14H24N2O13Si. The van der Waals surface area contributed by atoms with Gasteiger partial charge in [0.25, 0.3) is 17.7 Å². The van der Waals surface area contributed by atoms with Crippen LogP contribution in [0.25, 0.3) is 0 Å². The number of nitrogens with zero attached hydrogens (tertiary/aromatic N) is 1. The molecule has 1 saturated heterocycles. The van der Waals surface area contributed by atoms with Gasteiger partial charge >= 0.3 is 15.0 Å². The van der Waals surface area contributed by atoms with Crippen LogP contribution >= 0.6 is 0 Å². The van der Waals surface area contributed by atoms with Crippen LogP contribution in [0.3, 0.4) is 0 Å². The maximum absolute atomic E-state index is 11.7. The number of hydroxylamine groups is 2. The summed E-state index contributed by atoms with van der Waals surface area (Å²) >= 11 is 0. The number of amides is 3. The topological polar surface area (TPSA) is 244 Å². The summed E-state index contributed by atoms with van der Waals surface area (Å²) < 4.78 is 4.41. The Morgan fingerprint density at radius 3 is 2.13 bits per heavy atom. The van der Waals surface area contributed by atoms with Crippen LogP contribution in [-0.4, -0.2) is 110 Å². The summed E-state index contributed by atoms with van der Waals surface area (Å²) in [6.45, 7) is -1.17. The second-order valence-corrected chi connectivity index (χ2v) is 8.45. The summed E-state index contributed by atoms with van der Waals surface area (Å²) in [4.78, 5) is 76.5. The van der Waals surface area contributed by atoms with Crippen LogP contribution in [-0.2, 0) is 24.0 Å². The molecule has 8 N–H and O–H groups in total. The Kier molecular flexibility index (Phi) is 9.72. The molecule has 0 bridgehead atoms. The number of aliphatic hydroxyl groups is 4. The Hall–Kier alpha value is -2.18. The van der Waals surface area contributed by atoms with E-state index in [0.717, 1.165) is 0 Å². The molecule has 0 radical (unpaired) electrons. The number of aliphatic hydroxyl groups excluding tert-OH is 4. The Balaban J connectivity index is 2.39. The predicted octanol–water partition coefficient (Wildman–Crippen LogP) is -4.93. The fourth-order valence-corrected chi connectivity index (χ4v) is 2.87. The molecular weight excluding hydrogens is 432 g/mol. The van der Waals surface area contributed by atoms with Crippen molar-refractivity contribution in [2.75, 3.05) is 13.2 Å². The van der Waals surface area contributed by atoms with E-state index in [9.17, 15) is 39.6 Å². The smallest absolute Gasteiger partial charge is 0.430 e. The molecule has 3 amide bonds. The van der Waals surface area contributed by atoms with E-state index in [4.69, 9.17) is 14.4 Å². The molecule has 4 atom stereocenters. The van der Waals surface area contributed by atoms with Crippen LogP contribution < -0.4 is 5.32 Å². The Morgan fingerprint density at radius 2 is 1.60 bits per heavy atom. The molecule has 1 aliphatic heterocycles. The largest absolute Gasteiger partial charge is 0.534 e. The number of ether oxygens (including phenoxy) is 1. The quantitative estimate of drug-likeness (QED) is 0.0629. The van der Waals surface area contributed by atoms with E-state index in [0.29, 0.717) is 0 Å². The van der Waals surface area contributed by atoms with Crippen LogP contribution in [0.2, 0.25) is 6.04 Å². The maximum Gasteiger partial charge on any atom is 0.534 e. The molecule has 1 aliphatic rings. The third-order valence-electron chi connectivity index (χ3n) is 3.87. The van der Waals surface area contributed by atoms with Crippen molar-refractivity contribution in [3.8, 4) is 0 Å². The lowest BCUT2D eigenvalue weighted by atomic mass is 10.0. The van der Waals surface area contributed by atoms with Gasteiger partial charge in [0, 0.05) is 25.4 Å². The van der Waals surface area contributed by atoms with Gasteiger partial charge in [-0.25, -0.2) is 4.79 Å². The van der Waals surface area contributed by atoms with Gasteiger partial charge in [-0.15, -0.1) is 0 Å². The Bertz CT molecular complexity index is 624. The minimum absolute atomic E-state index is 0.0482. The van der Waals surface area contributed by atoms with Crippen molar-refractivity contribution in [3.05, 3.63) is 0 Å². The lowest BCUT2D eigenvalue weighted by molar-refractivity contribution is -0.179. The molecule has 0 aliphatic carbocycles. The van der Waals surface area contributed by atoms with Gasteiger partial charge in [-0.2, -0.15) is 0 Å². The lowest BCUT2D eigenvalue weighted by Crippen LogP contribution is -2.52. The van der Waals surface area contributed by atoms with Crippen molar-refractivity contribution in [2.24, 2.45) is 0 Å². The molecule has 16 heteroatoms. The van der Waals surface area contributed by atoms with Gasteiger partial charge in [0.2, 0.25) is 0 Å². The van der Waals surface area contributed by atoms with Crippen LogP contribution in [0.5, 0.6) is 0 Å². The molecule has 15 nitrogen and oxygen atoms in total. The SMILES string of the molecule is O=C(OCC(O)C(O)C(O)C(O)C(=O)NCCC[Si](O)(O)O)ON1C(=O)CCC1=O. The van der Waals surface area contributed by atoms with Crippen LogP contribution in [0.4, 0.5) is 4.79 Å². The van der Waals surface area contributed by atoms with Crippen molar-refractivity contribution in [3.63, 3.8) is 0 Å². The zero-order valence-electron chi connectivity index (χ0n) is 15.6. The molecule has 0 saturated carbocycles. The van der Waals surface area contributed by atoms with Gasteiger partial charge in [0.1, 0.15) is 24.9 Å². The zero-order chi connectivity index (χ0) is 23.1. The fourth-order valence-electron chi connectivity index (χ4n) is 2.22. The second kappa shape index (κ2) is 11.3. The summed E-state index contributed by atoms with van der Waals surface area (Å²) in [7, 11) is -4.28. The number of rotatable bonds is 11. The van der Waals surface area contributed by atoms with Crippen LogP contribution in [0.1, 0.15) is 19.3 Å². The van der Waals surface area contributed by atoms with Crippen molar-refractivity contribution in [1.29, 1.82) is 0 Å². The van der Waals surface area contributed by atoms with Gasteiger partial charge < -0.3 is 44.9 Å². The summed E-state index contributed by atoms with van der Waals surface area (Å²) in [6, 6.07) is -0.380. The normalized spacial score (nSPS) is 18.6. The molecule has 172 valence electrons. The molecule has 30 heavy (non-hydrogen) atoms. The van der Waals surface area contributed by atoms with Crippen molar-refractivity contribution >= 4 is 32.7 Å². The number of hydrogen-bond acceptors (Lipinski definition) is 13. The fraction of sp³-hybridized carbons (Fsp3) is 0.714. The Morgan fingerprint density at radius 1 is 1.03 bits per heavy atom. The summed E-state index contributed by atoms with van der Waals surface area (Å²) in [5.41, 5.74) is 0. The molecule has 1 rings (SSSR count). The van der Waals surface area contributed by atoms with E-state index in [1.165, 1.54) is 0 Å². The highest BCUT2D eigenvalue weighted by Gasteiger charge is 2.36. The number of carbonyl (C=O) groups excluding carboxylic acids is 4. The molecule has 1 fully saturated rings. The highest BCUT2D eigenvalue weighted by molar-refractivity contribution is 6.56. The van der Waals surface area contributed by atoms with Crippen LogP contribution in [0, 0.1) is 0 Å².